The quantitative estimate of drug-likeness (QED) is 0.511. The molecule has 1 fully saturated rings. The number of likely N-dealkylation sites (tertiary alicyclic amines) is 1. The summed E-state index contributed by atoms with van der Waals surface area (Å²) in [5.74, 6) is 0. The molecule has 0 aromatic heterocycles. The first-order valence-corrected chi connectivity index (χ1v) is 5.27. The molecule has 1 saturated heterocycles. The third-order valence-corrected chi connectivity index (χ3v) is 2.65. The van der Waals surface area contributed by atoms with Crippen LogP contribution in [0.1, 0.15) is 19.3 Å². The molecule has 1 atom stereocenters. The van der Waals surface area contributed by atoms with Gasteiger partial charge in [0.25, 0.3) is 0 Å². The Bertz CT molecular complexity index is 197. The summed E-state index contributed by atoms with van der Waals surface area (Å²) in [7, 11) is 4.18. The minimum absolute atomic E-state index is 0.294. The smallest absolute Gasteiger partial charge is 0.177 e. The lowest BCUT2D eigenvalue weighted by atomic mass is 10.3. The molecule has 80 valence electrons. The molecule has 0 aromatic rings. The summed E-state index contributed by atoms with van der Waals surface area (Å²) >= 11 is 0. The second-order valence-corrected chi connectivity index (χ2v) is 4.11. The van der Waals surface area contributed by atoms with Crippen LogP contribution in [0, 0.1) is 11.5 Å². The minimum atomic E-state index is 0.294. The van der Waals surface area contributed by atoms with E-state index < -0.39 is 0 Å². The van der Waals surface area contributed by atoms with E-state index in [2.05, 4.69) is 29.2 Å². The highest BCUT2D eigenvalue weighted by Crippen LogP contribution is 2.14. The van der Waals surface area contributed by atoms with Gasteiger partial charge >= 0.3 is 0 Å². The fourth-order valence-electron chi connectivity index (χ4n) is 1.92. The van der Waals surface area contributed by atoms with Gasteiger partial charge in [-0.2, -0.15) is 5.26 Å². The van der Waals surface area contributed by atoms with E-state index in [-0.39, 0.29) is 0 Å². The van der Waals surface area contributed by atoms with Crippen molar-refractivity contribution in [2.45, 2.75) is 25.4 Å². The molecule has 1 rings (SSSR count). The molecule has 0 aliphatic carbocycles. The van der Waals surface area contributed by atoms with Crippen molar-refractivity contribution in [2.24, 2.45) is 0 Å². The lowest BCUT2D eigenvalue weighted by Gasteiger charge is -2.23. The molecule has 4 heteroatoms. The predicted octanol–water partition coefficient (Wildman–Crippen LogP) is 0.431. The highest BCUT2D eigenvalue weighted by atomic mass is 15.3. The number of rotatable bonds is 5. The van der Waals surface area contributed by atoms with Crippen LogP contribution in [0.5, 0.6) is 0 Å². The van der Waals surface area contributed by atoms with Gasteiger partial charge in [-0.05, 0) is 39.9 Å². The molecular formula is C10H20N4. The molecule has 1 heterocycles. The zero-order valence-electron chi connectivity index (χ0n) is 9.16. The molecule has 1 N–H and O–H groups in total. The van der Waals surface area contributed by atoms with E-state index in [1.54, 1.807) is 0 Å². The summed E-state index contributed by atoms with van der Waals surface area (Å²) in [4.78, 5) is 4.56. The van der Waals surface area contributed by atoms with Crippen molar-refractivity contribution in [3.8, 4) is 6.19 Å². The predicted molar refractivity (Wildman–Crippen MR) is 56.5 cm³/mol. The molecule has 1 aliphatic heterocycles. The Morgan fingerprint density at radius 3 is 3.00 bits per heavy atom. The van der Waals surface area contributed by atoms with Gasteiger partial charge in [0.05, 0.1) is 6.17 Å². The molecule has 0 radical (unpaired) electrons. The normalized spacial score (nSPS) is 22.6. The number of nitrogens with zero attached hydrogens (tertiary/aromatic N) is 3. The van der Waals surface area contributed by atoms with Crippen LogP contribution in [-0.2, 0) is 0 Å². The van der Waals surface area contributed by atoms with E-state index >= 15 is 0 Å². The van der Waals surface area contributed by atoms with Gasteiger partial charge in [-0.25, -0.2) is 0 Å². The van der Waals surface area contributed by atoms with Crippen molar-refractivity contribution in [3.05, 3.63) is 0 Å². The average Bonchev–Trinajstić information content (AvgIpc) is 2.53. The van der Waals surface area contributed by atoms with Gasteiger partial charge in [0.1, 0.15) is 0 Å². The Labute approximate surface area is 86.5 Å². The molecule has 14 heavy (non-hydrogen) atoms. The van der Waals surface area contributed by atoms with Crippen molar-refractivity contribution < 1.29 is 0 Å². The third kappa shape index (κ3) is 3.52. The maximum atomic E-state index is 8.56. The summed E-state index contributed by atoms with van der Waals surface area (Å²) in [6.07, 6.45) is 5.82. The van der Waals surface area contributed by atoms with Gasteiger partial charge in [-0.3, -0.25) is 4.90 Å². The van der Waals surface area contributed by atoms with Crippen LogP contribution in [0.3, 0.4) is 0 Å². The van der Waals surface area contributed by atoms with Gasteiger partial charge in [0.2, 0.25) is 0 Å². The van der Waals surface area contributed by atoms with Gasteiger partial charge < -0.3 is 10.2 Å². The fourth-order valence-corrected chi connectivity index (χ4v) is 1.92. The Balaban J connectivity index is 2.19. The number of hydrogen-bond donors (Lipinski definition) is 1. The van der Waals surface area contributed by atoms with Crippen molar-refractivity contribution in [2.75, 3.05) is 33.7 Å². The Hall–Kier alpha value is -0.790. The van der Waals surface area contributed by atoms with E-state index in [4.69, 9.17) is 5.26 Å². The van der Waals surface area contributed by atoms with Gasteiger partial charge in [-0.1, -0.05) is 0 Å². The molecule has 0 spiro atoms. The van der Waals surface area contributed by atoms with Crippen LogP contribution in [0.25, 0.3) is 0 Å². The fraction of sp³-hybridized carbons (Fsp3) is 0.900. The van der Waals surface area contributed by atoms with E-state index in [1.165, 1.54) is 12.8 Å². The molecule has 0 saturated carbocycles. The van der Waals surface area contributed by atoms with Crippen LogP contribution >= 0.6 is 0 Å². The van der Waals surface area contributed by atoms with Gasteiger partial charge in [-0.15, -0.1) is 0 Å². The highest BCUT2D eigenvalue weighted by molar-refractivity contribution is 4.82. The zero-order valence-corrected chi connectivity index (χ0v) is 9.16. The lowest BCUT2D eigenvalue weighted by Crippen LogP contribution is -2.39. The monoisotopic (exact) mass is 196 g/mol. The number of hydrogen-bond acceptors (Lipinski definition) is 4. The van der Waals surface area contributed by atoms with E-state index in [1.807, 2.05) is 6.19 Å². The van der Waals surface area contributed by atoms with Crippen LogP contribution in [-0.4, -0.2) is 49.7 Å². The summed E-state index contributed by atoms with van der Waals surface area (Å²) in [6, 6.07) is 0. The first-order chi connectivity index (χ1) is 6.74. The molecule has 0 aromatic carbocycles. The van der Waals surface area contributed by atoms with E-state index in [9.17, 15) is 0 Å². The SMILES string of the molecule is CN(C)CCCN1CCCC1NC#N. The first-order valence-electron chi connectivity index (χ1n) is 5.27. The van der Waals surface area contributed by atoms with Crippen LogP contribution in [0.15, 0.2) is 0 Å². The van der Waals surface area contributed by atoms with Crippen LogP contribution < -0.4 is 5.32 Å². The van der Waals surface area contributed by atoms with E-state index in [0.29, 0.717) is 6.17 Å². The molecule has 1 unspecified atom stereocenters. The lowest BCUT2D eigenvalue weighted by molar-refractivity contribution is 0.223. The average molecular weight is 196 g/mol. The summed E-state index contributed by atoms with van der Waals surface area (Å²) in [6.45, 7) is 3.35. The molecular weight excluding hydrogens is 176 g/mol. The molecule has 0 bridgehead atoms. The second kappa shape index (κ2) is 5.84. The van der Waals surface area contributed by atoms with Gasteiger partial charge in [0, 0.05) is 13.1 Å². The van der Waals surface area contributed by atoms with Crippen LogP contribution in [0.2, 0.25) is 0 Å². The Morgan fingerprint density at radius 2 is 2.36 bits per heavy atom. The largest absolute Gasteiger partial charge is 0.309 e. The topological polar surface area (TPSA) is 42.3 Å². The van der Waals surface area contributed by atoms with Gasteiger partial charge in [0.15, 0.2) is 6.19 Å². The maximum Gasteiger partial charge on any atom is 0.177 e. The third-order valence-electron chi connectivity index (χ3n) is 2.65. The van der Waals surface area contributed by atoms with Crippen molar-refractivity contribution in [1.29, 1.82) is 5.26 Å². The Kier molecular flexibility index (Phi) is 4.71. The summed E-state index contributed by atoms with van der Waals surface area (Å²) in [5, 5.41) is 11.4. The van der Waals surface area contributed by atoms with Crippen molar-refractivity contribution >= 4 is 0 Å². The highest BCUT2D eigenvalue weighted by Gasteiger charge is 2.22. The summed E-state index contributed by atoms with van der Waals surface area (Å²) in [5.41, 5.74) is 0. The maximum absolute atomic E-state index is 8.56. The zero-order chi connectivity index (χ0) is 10.4. The van der Waals surface area contributed by atoms with Crippen LogP contribution in [0.4, 0.5) is 0 Å². The summed E-state index contributed by atoms with van der Waals surface area (Å²) < 4.78 is 0. The van der Waals surface area contributed by atoms with Crippen molar-refractivity contribution in [1.82, 2.24) is 15.1 Å². The molecule has 1 aliphatic rings. The van der Waals surface area contributed by atoms with Crippen molar-refractivity contribution in [3.63, 3.8) is 0 Å². The first kappa shape index (κ1) is 11.3. The number of nitriles is 1. The molecule has 4 nitrogen and oxygen atoms in total. The van der Waals surface area contributed by atoms with E-state index in [0.717, 1.165) is 26.1 Å². The standard InChI is InChI=1S/C10H20N4/c1-13(2)6-4-8-14-7-3-5-10(14)12-9-11/h10,12H,3-8H2,1-2H3. The number of nitrogens with one attached hydrogen (secondary N) is 1. The molecule has 0 amide bonds. The Morgan fingerprint density at radius 1 is 1.57 bits per heavy atom. The second-order valence-electron chi connectivity index (χ2n) is 4.11. The minimum Gasteiger partial charge on any atom is -0.309 e.